The summed E-state index contributed by atoms with van der Waals surface area (Å²) in [5.74, 6) is 0. The zero-order chi connectivity index (χ0) is 20.8. The predicted octanol–water partition coefficient (Wildman–Crippen LogP) is 10.5. The number of alkyl halides is 1. The van der Waals surface area contributed by atoms with E-state index in [4.69, 9.17) is 0 Å². The van der Waals surface area contributed by atoms with E-state index < -0.39 is 7.26 Å². The highest BCUT2D eigenvalue weighted by Crippen LogP contribution is 2.61. The second kappa shape index (κ2) is 22.8. The standard InChI is InChI=1S/C26H55IP/c1-4-7-10-13-16-19-23-28(26-22-27,24-20-17-14-11-8-5-2)25-21-18-15-12-9-6-3/h4-26H2,1-3H3/q+1. The molecule has 0 aliphatic carbocycles. The lowest BCUT2D eigenvalue weighted by Crippen LogP contribution is -2.14. The van der Waals surface area contributed by atoms with E-state index >= 15 is 0 Å². The number of unbranched alkanes of at least 4 members (excludes halogenated alkanes) is 15. The molecular weight excluding hydrogens is 470 g/mol. The normalized spacial score (nSPS) is 12.0. The molecule has 0 aliphatic heterocycles. The maximum Gasteiger partial charge on any atom is 0.0683 e. The van der Waals surface area contributed by atoms with Crippen LogP contribution in [0.25, 0.3) is 0 Å². The first-order valence-corrected chi connectivity index (χ1v) is 17.2. The molecule has 0 saturated heterocycles. The topological polar surface area (TPSA) is 0 Å². The van der Waals surface area contributed by atoms with Gasteiger partial charge in [0.2, 0.25) is 0 Å². The third-order valence-electron chi connectivity index (χ3n) is 6.52. The molecule has 0 atom stereocenters. The van der Waals surface area contributed by atoms with Crippen molar-refractivity contribution in [3.05, 3.63) is 0 Å². The van der Waals surface area contributed by atoms with Crippen LogP contribution in [0, 0.1) is 0 Å². The SMILES string of the molecule is CCCCCCCC[P+](CCI)(CCCCCCCC)CCCCCCCC. The molecule has 0 saturated carbocycles. The molecule has 0 spiro atoms. The lowest BCUT2D eigenvalue weighted by atomic mass is 10.1. The fourth-order valence-corrected chi connectivity index (χ4v) is 12.0. The Morgan fingerprint density at radius 3 is 0.964 bits per heavy atom. The summed E-state index contributed by atoms with van der Waals surface area (Å²) in [5.41, 5.74) is 0. The van der Waals surface area contributed by atoms with E-state index in [0.29, 0.717) is 0 Å². The van der Waals surface area contributed by atoms with E-state index in [2.05, 4.69) is 43.4 Å². The summed E-state index contributed by atoms with van der Waals surface area (Å²) in [4.78, 5) is 0. The molecule has 2 heteroatoms. The summed E-state index contributed by atoms with van der Waals surface area (Å²) in [6, 6.07) is 0. The number of hydrogen-bond acceptors (Lipinski definition) is 0. The van der Waals surface area contributed by atoms with Gasteiger partial charge in [-0.05, 0) is 38.5 Å². The van der Waals surface area contributed by atoms with Crippen LogP contribution in [0.15, 0.2) is 0 Å². The molecule has 0 amide bonds. The minimum Gasteiger partial charge on any atom is -0.0824 e. The summed E-state index contributed by atoms with van der Waals surface area (Å²) in [7, 11) is -0.670. The Morgan fingerprint density at radius 2 is 0.679 bits per heavy atom. The van der Waals surface area contributed by atoms with Crippen molar-refractivity contribution < 1.29 is 0 Å². The summed E-state index contributed by atoms with van der Waals surface area (Å²) in [6.45, 7) is 6.99. The number of rotatable bonds is 23. The first-order valence-electron chi connectivity index (χ1n) is 13.2. The molecule has 0 unspecified atom stereocenters. The van der Waals surface area contributed by atoms with Crippen molar-refractivity contribution in [1.82, 2.24) is 0 Å². The maximum absolute atomic E-state index is 2.68. The van der Waals surface area contributed by atoms with Gasteiger partial charge in [-0.2, -0.15) is 0 Å². The molecule has 0 radical (unpaired) electrons. The van der Waals surface area contributed by atoms with Crippen molar-refractivity contribution in [3.63, 3.8) is 0 Å². The molecular formula is C26H55IP+. The molecule has 0 rings (SSSR count). The summed E-state index contributed by atoms with van der Waals surface area (Å²) in [5, 5.41) is 0. The molecule has 28 heavy (non-hydrogen) atoms. The largest absolute Gasteiger partial charge is 0.0824 e. The average molecular weight is 526 g/mol. The highest BCUT2D eigenvalue weighted by atomic mass is 127. The molecule has 0 bridgehead atoms. The van der Waals surface area contributed by atoms with Gasteiger partial charge in [0.15, 0.2) is 0 Å². The fraction of sp³-hybridized carbons (Fsp3) is 1.00. The Kier molecular flexibility index (Phi) is 23.8. The average Bonchev–Trinajstić information content (AvgIpc) is 2.70. The Balaban J connectivity index is 4.39. The molecule has 0 aromatic heterocycles. The lowest BCUT2D eigenvalue weighted by molar-refractivity contribution is 0.615. The number of hydrogen-bond donors (Lipinski definition) is 0. The fourth-order valence-electron chi connectivity index (χ4n) is 4.53. The van der Waals surface area contributed by atoms with Crippen LogP contribution in [0.1, 0.15) is 136 Å². The van der Waals surface area contributed by atoms with Crippen LogP contribution in [-0.4, -0.2) is 29.1 Å². The molecule has 0 nitrogen and oxygen atoms in total. The molecule has 170 valence electrons. The lowest BCUT2D eigenvalue weighted by Gasteiger charge is -2.28. The van der Waals surface area contributed by atoms with E-state index in [0.717, 1.165) is 0 Å². The minimum absolute atomic E-state index is 0.670. The van der Waals surface area contributed by atoms with Crippen LogP contribution in [0.3, 0.4) is 0 Å². The van der Waals surface area contributed by atoms with Gasteiger partial charge >= 0.3 is 0 Å². The zero-order valence-electron chi connectivity index (χ0n) is 20.1. The third kappa shape index (κ3) is 18.0. The van der Waals surface area contributed by atoms with Crippen molar-refractivity contribution in [3.8, 4) is 0 Å². The first kappa shape index (κ1) is 29.2. The first-order chi connectivity index (χ1) is 13.7. The zero-order valence-corrected chi connectivity index (χ0v) is 23.1. The summed E-state index contributed by atoms with van der Waals surface area (Å²) in [6.07, 6.45) is 33.0. The van der Waals surface area contributed by atoms with E-state index in [9.17, 15) is 0 Å². The second-order valence-electron chi connectivity index (χ2n) is 9.23. The van der Waals surface area contributed by atoms with Crippen LogP contribution in [0.4, 0.5) is 0 Å². The van der Waals surface area contributed by atoms with Crippen LogP contribution >= 0.6 is 29.9 Å². The highest BCUT2D eigenvalue weighted by molar-refractivity contribution is 14.1. The highest BCUT2D eigenvalue weighted by Gasteiger charge is 2.34. The van der Waals surface area contributed by atoms with Crippen molar-refractivity contribution in [2.75, 3.05) is 29.1 Å². The van der Waals surface area contributed by atoms with Crippen molar-refractivity contribution >= 4 is 29.9 Å². The van der Waals surface area contributed by atoms with E-state index in [1.807, 2.05) is 0 Å². The monoisotopic (exact) mass is 525 g/mol. The smallest absolute Gasteiger partial charge is 0.0683 e. The van der Waals surface area contributed by atoms with Gasteiger partial charge in [0.25, 0.3) is 0 Å². The van der Waals surface area contributed by atoms with E-state index in [-0.39, 0.29) is 0 Å². The predicted molar refractivity (Wildman–Crippen MR) is 145 cm³/mol. The van der Waals surface area contributed by atoms with Gasteiger partial charge in [-0.25, -0.2) is 0 Å². The second-order valence-corrected chi connectivity index (χ2v) is 14.8. The van der Waals surface area contributed by atoms with Crippen LogP contribution < -0.4 is 0 Å². The van der Waals surface area contributed by atoms with Gasteiger partial charge in [-0.1, -0.05) is 120 Å². The molecule has 0 aromatic carbocycles. The van der Waals surface area contributed by atoms with E-state index in [1.165, 1.54) is 101 Å². The van der Waals surface area contributed by atoms with Gasteiger partial charge in [-0.15, -0.1) is 0 Å². The molecule has 0 aromatic rings. The Labute approximate surface area is 194 Å². The van der Waals surface area contributed by atoms with Gasteiger partial charge in [0, 0.05) is 11.7 Å². The van der Waals surface area contributed by atoms with Crippen LogP contribution in [0.2, 0.25) is 0 Å². The molecule has 0 heterocycles. The quantitative estimate of drug-likeness (QED) is 0.0539. The van der Waals surface area contributed by atoms with E-state index in [1.54, 1.807) is 43.9 Å². The molecule has 0 fully saturated rings. The van der Waals surface area contributed by atoms with Gasteiger partial charge in [-0.3, -0.25) is 0 Å². The molecule has 0 N–H and O–H groups in total. The van der Waals surface area contributed by atoms with Crippen LogP contribution in [0.5, 0.6) is 0 Å². The minimum atomic E-state index is -0.670. The van der Waals surface area contributed by atoms with Gasteiger partial charge in [0.1, 0.15) is 0 Å². The number of halogens is 1. The molecule has 0 aliphatic rings. The Hall–Kier alpha value is 1.16. The summed E-state index contributed by atoms with van der Waals surface area (Å²) >= 11 is 2.68. The van der Waals surface area contributed by atoms with Gasteiger partial charge in [0.05, 0.1) is 24.6 Å². The van der Waals surface area contributed by atoms with Crippen molar-refractivity contribution in [1.29, 1.82) is 0 Å². The Morgan fingerprint density at radius 1 is 0.393 bits per heavy atom. The Bertz CT molecular complexity index is 251. The van der Waals surface area contributed by atoms with Crippen molar-refractivity contribution in [2.45, 2.75) is 136 Å². The van der Waals surface area contributed by atoms with Crippen LogP contribution in [-0.2, 0) is 0 Å². The van der Waals surface area contributed by atoms with Gasteiger partial charge < -0.3 is 0 Å². The maximum atomic E-state index is 2.68. The van der Waals surface area contributed by atoms with Crippen molar-refractivity contribution in [2.24, 2.45) is 0 Å². The summed E-state index contributed by atoms with van der Waals surface area (Å²) < 4.78 is 1.41. The third-order valence-corrected chi connectivity index (χ3v) is 12.9.